The van der Waals surface area contributed by atoms with Gasteiger partial charge in [-0.05, 0) is 61.8 Å². The minimum absolute atomic E-state index is 0.0821. The van der Waals surface area contributed by atoms with Gasteiger partial charge in [0.05, 0.1) is 11.7 Å². The fourth-order valence-electron chi connectivity index (χ4n) is 5.60. The van der Waals surface area contributed by atoms with Crippen LogP contribution in [0.3, 0.4) is 0 Å². The summed E-state index contributed by atoms with van der Waals surface area (Å²) >= 11 is 0. The maximum atomic E-state index is 13.8. The Hall–Kier alpha value is -3.44. The Kier molecular flexibility index (Phi) is 4.85. The molecule has 34 heavy (non-hydrogen) atoms. The third-order valence-corrected chi connectivity index (χ3v) is 7.67. The molecule has 2 fully saturated rings. The number of aromatic nitrogens is 1. The minimum atomic E-state index is -1.14. The van der Waals surface area contributed by atoms with Gasteiger partial charge in [-0.2, -0.15) is 5.26 Å². The largest absolute Gasteiger partial charge is 0.490 e. The van der Waals surface area contributed by atoms with Crippen LogP contribution in [0.1, 0.15) is 43.2 Å². The van der Waals surface area contributed by atoms with E-state index in [1.807, 2.05) is 18.2 Å². The summed E-state index contributed by atoms with van der Waals surface area (Å²) in [5.74, 6) is 1.26. The molecule has 2 aromatic rings. The van der Waals surface area contributed by atoms with E-state index in [-0.39, 0.29) is 30.0 Å². The van der Waals surface area contributed by atoms with Crippen LogP contribution in [0.15, 0.2) is 41.7 Å². The number of pyridine rings is 1. The highest BCUT2D eigenvalue weighted by Crippen LogP contribution is 2.54. The second-order valence-electron chi connectivity index (χ2n) is 9.86. The molecule has 0 unspecified atom stereocenters. The van der Waals surface area contributed by atoms with Gasteiger partial charge in [-0.3, -0.25) is 14.7 Å². The molecule has 1 aromatic carbocycles. The molecule has 6 rings (SSSR count). The summed E-state index contributed by atoms with van der Waals surface area (Å²) in [7, 11) is 1.67. The second-order valence-corrected chi connectivity index (χ2v) is 9.86. The van der Waals surface area contributed by atoms with Gasteiger partial charge in [0.25, 0.3) is 5.91 Å². The third-order valence-electron chi connectivity index (χ3n) is 7.67. The van der Waals surface area contributed by atoms with Crippen molar-refractivity contribution in [2.24, 2.45) is 22.6 Å². The van der Waals surface area contributed by atoms with Gasteiger partial charge in [0.15, 0.2) is 11.5 Å². The van der Waals surface area contributed by atoms with E-state index in [1.165, 1.54) is 23.9 Å². The Morgan fingerprint density at radius 1 is 1.24 bits per heavy atom. The lowest BCUT2D eigenvalue weighted by molar-refractivity contribution is -0.139. The van der Waals surface area contributed by atoms with Crippen molar-refractivity contribution >= 4 is 11.9 Å². The fraction of sp³-hybridized carbons (Fsp3) is 0.462. The zero-order valence-electron chi connectivity index (χ0n) is 19.1. The monoisotopic (exact) mass is 457 g/mol. The first kappa shape index (κ1) is 21.1. The molecule has 174 valence electrons. The Balaban J connectivity index is 1.44. The SMILES string of the molecule is CN1C(=O)[C@]2(N=C1N)c1cc(-c3cncc(C#N)c3)ccc1O[C@H]1CC[C@H](OCC3CC3)C[C@@H]12. The molecular weight excluding hydrogens is 430 g/mol. The Bertz CT molecular complexity index is 1230. The topological polar surface area (TPSA) is 114 Å². The predicted octanol–water partition coefficient (Wildman–Crippen LogP) is 2.96. The van der Waals surface area contributed by atoms with Crippen molar-refractivity contribution in [3.8, 4) is 22.9 Å². The Morgan fingerprint density at radius 3 is 2.82 bits per heavy atom. The summed E-state index contributed by atoms with van der Waals surface area (Å²) in [5.41, 5.74) is 7.91. The van der Waals surface area contributed by atoms with Crippen LogP contribution in [0.4, 0.5) is 0 Å². The van der Waals surface area contributed by atoms with E-state index in [4.69, 9.17) is 20.2 Å². The highest BCUT2D eigenvalue weighted by Gasteiger charge is 2.61. The molecular formula is C26H27N5O3. The number of fused-ring (bicyclic) bond motifs is 4. The number of nitrogens with zero attached hydrogens (tertiary/aromatic N) is 4. The standard InChI is InChI=1S/C26H27N5O3/c1-31-24(32)26(30-25(31)28)20-9-17(18-8-16(11-27)12-29-13-18)4-6-22(20)34-23-7-5-19(10-21(23)26)33-14-15-2-3-15/h4,6,8-9,12-13,15,19,21,23H,2-3,5,7,10,14H2,1H3,(H2,28,30)/t19-,21-,23-,26-/m0/s1. The molecule has 1 spiro atoms. The minimum Gasteiger partial charge on any atom is -0.490 e. The molecule has 0 radical (unpaired) electrons. The number of hydrogen-bond donors (Lipinski definition) is 1. The van der Waals surface area contributed by atoms with Gasteiger partial charge in [-0.25, -0.2) is 4.99 Å². The van der Waals surface area contributed by atoms with Crippen molar-refractivity contribution < 1.29 is 14.3 Å². The molecule has 0 bridgehead atoms. The van der Waals surface area contributed by atoms with Crippen LogP contribution in [0.5, 0.6) is 5.75 Å². The summed E-state index contributed by atoms with van der Waals surface area (Å²) in [6, 6.07) is 9.71. The first-order chi connectivity index (χ1) is 16.5. The number of nitrogens with two attached hydrogens (primary N) is 1. The number of carbonyl (C=O) groups is 1. The molecule has 2 saturated carbocycles. The van der Waals surface area contributed by atoms with E-state index < -0.39 is 5.54 Å². The smallest absolute Gasteiger partial charge is 0.262 e. The van der Waals surface area contributed by atoms with Gasteiger partial charge in [-0.1, -0.05) is 6.07 Å². The maximum absolute atomic E-state index is 13.8. The van der Waals surface area contributed by atoms with E-state index in [2.05, 4.69) is 11.1 Å². The molecule has 2 N–H and O–H groups in total. The van der Waals surface area contributed by atoms with Crippen molar-refractivity contribution in [1.29, 1.82) is 5.26 Å². The van der Waals surface area contributed by atoms with E-state index in [0.717, 1.165) is 30.6 Å². The molecule has 2 aliphatic heterocycles. The van der Waals surface area contributed by atoms with E-state index in [9.17, 15) is 10.1 Å². The summed E-state index contributed by atoms with van der Waals surface area (Å²) in [6.45, 7) is 0.790. The van der Waals surface area contributed by atoms with Crippen molar-refractivity contribution in [1.82, 2.24) is 9.88 Å². The molecule has 8 nitrogen and oxygen atoms in total. The van der Waals surface area contributed by atoms with Crippen LogP contribution in [0, 0.1) is 23.2 Å². The third kappa shape index (κ3) is 3.26. The van der Waals surface area contributed by atoms with Gasteiger partial charge in [-0.15, -0.1) is 0 Å². The molecule has 3 heterocycles. The van der Waals surface area contributed by atoms with Gasteiger partial charge in [0, 0.05) is 43.1 Å². The number of nitriles is 1. The van der Waals surface area contributed by atoms with Gasteiger partial charge in [0.2, 0.25) is 0 Å². The number of rotatable bonds is 4. The number of aliphatic imine (C=N–C) groups is 1. The number of hydrogen-bond acceptors (Lipinski definition) is 7. The quantitative estimate of drug-likeness (QED) is 0.755. The van der Waals surface area contributed by atoms with Crippen LogP contribution in [-0.4, -0.2) is 47.6 Å². The van der Waals surface area contributed by atoms with Gasteiger partial charge in [0.1, 0.15) is 17.9 Å². The van der Waals surface area contributed by atoms with Gasteiger partial charge >= 0.3 is 0 Å². The number of likely N-dealkylation sites (N-methyl/N-ethyl adjacent to an activating group) is 1. The zero-order valence-corrected chi connectivity index (χ0v) is 19.1. The summed E-state index contributed by atoms with van der Waals surface area (Å²) in [6.07, 6.45) is 8.10. The Labute approximate surface area is 198 Å². The molecule has 4 atom stereocenters. The number of carbonyl (C=O) groups excluding carboxylic acids is 1. The second kappa shape index (κ2) is 7.81. The van der Waals surface area contributed by atoms with E-state index in [0.29, 0.717) is 29.2 Å². The van der Waals surface area contributed by atoms with Crippen LogP contribution < -0.4 is 10.5 Å². The van der Waals surface area contributed by atoms with Crippen LogP contribution in [0.2, 0.25) is 0 Å². The predicted molar refractivity (Wildman–Crippen MR) is 125 cm³/mol. The number of benzene rings is 1. The van der Waals surface area contributed by atoms with Crippen LogP contribution in [-0.2, 0) is 15.1 Å². The highest BCUT2D eigenvalue weighted by molar-refractivity contribution is 6.07. The summed E-state index contributed by atoms with van der Waals surface area (Å²) in [4.78, 5) is 24.3. The first-order valence-electron chi connectivity index (χ1n) is 11.9. The molecule has 1 amide bonds. The lowest BCUT2D eigenvalue weighted by Gasteiger charge is -2.47. The number of amides is 1. The first-order valence-corrected chi connectivity index (χ1v) is 11.9. The lowest BCUT2D eigenvalue weighted by Crippen LogP contribution is -2.55. The van der Waals surface area contributed by atoms with Crippen molar-refractivity contribution in [2.45, 2.75) is 49.9 Å². The van der Waals surface area contributed by atoms with Crippen LogP contribution in [0.25, 0.3) is 11.1 Å². The Morgan fingerprint density at radius 2 is 2.09 bits per heavy atom. The fourth-order valence-corrected chi connectivity index (χ4v) is 5.60. The maximum Gasteiger partial charge on any atom is 0.262 e. The molecule has 2 aliphatic carbocycles. The zero-order chi connectivity index (χ0) is 23.4. The average Bonchev–Trinajstić information content (AvgIpc) is 3.67. The van der Waals surface area contributed by atoms with E-state index in [1.54, 1.807) is 19.3 Å². The van der Waals surface area contributed by atoms with E-state index >= 15 is 0 Å². The van der Waals surface area contributed by atoms with Crippen molar-refractivity contribution in [3.05, 3.63) is 47.8 Å². The lowest BCUT2D eigenvalue weighted by atomic mass is 9.66. The average molecular weight is 458 g/mol. The molecule has 1 aromatic heterocycles. The summed E-state index contributed by atoms with van der Waals surface area (Å²) in [5, 5.41) is 9.29. The van der Waals surface area contributed by atoms with Gasteiger partial charge < -0.3 is 15.2 Å². The molecule has 4 aliphatic rings. The normalized spacial score (nSPS) is 29.8. The van der Waals surface area contributed by atoms with Crippen molar-refractivity contribution in [3.63, 3.8) is 0 Å². The highest BCUT2D eigenvalue weighted by atomic mass is 16.5. The number of ether oxygens (including phenoxy) is 2. The summed E-state index contributed by atoms with van der Waals surface area (Å²) < 4.78 is 12.7. The molecule has 0 saturated heterocycles. The van der Waals surface area contributed by atoms with Crippen molar-refractivity contribution in [2.75, 3.05) is 13.7 Å². The molecule has 8 heteroatoms. The number of guanidine groups is 1. The van der Waals surface area contributed by atoms with Crippen LogP contribution >= 0.6 is 0 Å².